The van der Waals surface area contributed by atoms with E-state index in [1.807, 2.05) is 23.6 Å². The molecular weight excluding hydrogens is 293 g/mol. The van der Waals surface area contributed by atoms with E-state index in [1.165, 1.54) is 18.2 Å². The Morgan fingerprint density at radius 2 is 2.00 bits per heavy atom. The van der Waals surface area contributed by atoms with E-state index in [2.05, 4.69) is 17.9 Å². The number of thiophene rings is 1. The van der Waals surface area contributed by atoms with Crippen molar-refractivity contribution in [1.29, 1.82) is 0 Å². The minimum Gasteiger partial charge on any atom is -0.322 e. The van der Waals surface area contributed by atoms with Crippen LogP contribution in [0.25, 0.3) is 10.1 Å². The smallest absolute Gasteiger partial charge is 0.258 e. The number of rotatable bonds is 2. The maximum atomic E-state index is 13.6. The minimum atomic E-state index is -0.558. The second-order valence-electron chi connectivity index (χ2n) is 4.29. The third kappa shape index (κ3) is 2.55. The molecule has 0 radical (unpaired) electrons. The van der Waals surface area contributed by atoms with E-state index in [4.69, 9.17) is 0 Å². The number of carbonyl (C=O) groups is 1. The molecule has 0 aliphatic heterocycles. The lowest BCUT2D eigenvalue weighted by Gasteiger charge is -2.07. The van der Waals surface area contributed by atoms with Crippen LogP contribution in [0.3, 0.4) is 0 Å². The van der Waals surface area contributed by atoms with Crippen LogP contribution in [0.5, 0.6) is 0 Å². The van der Waals surface area contributed by atoms with Crippen molar-refractivity contribution in [3.05, 3.63) is 59.2 Å². The number of anilines is 1. The molecule has 0 atom stereocenters. The van der Waals surface area contributed by atoms with Crippen LogP contribution in [0.1, 0.15) is 10.4 Å². The molecule has 3 rings (SSSR count). The molecule has 1 N–H and O–H groups in total. The molecule has 0 bridgehead atoms. The number of carbonyl (C=O) groups excluding carboxylic acids is 1. The highest BCUT2D eigenvalue weighted by Gasteiger charge is 2.12. The topological polar surface area (TPSA) is 29.1 Å². The Labute approximate surface area is 124 Å². The van der Waals surface area contributed by atoms with Crippen LogP contribution in [0.15, 0.2) is 52.7 Å². The summed E-state index contributed by atoms with van der Waals surface area (Å²) >= 11 is 5.75. The van der Waals surface area contributed by atoms with E-state index in [1.54, 1.807) is 17.4 Å². The molecule has 0 spiro atoms. The monoisotopic (exact) mass is 303 g/mol. The van der Waals surface area contributed by atoms with Gasteiger partial charge in [-0.2, -0.15) is 0 Å². The Morgan fingerprint density at radius 3 is 2.85 bits per heavy atom. The van der Waals surface area contributed by atoms with Gasteiger partial charge in [0.25, 0.3) is 5.91 Å². The van der Waals surface area contributed by atoms with Gasteiger partial charge >= 0.3 is 0 Å². The van der Waals surface area contributed by atoms with Crippen LogP contribution in [-0.2, 0) is 0 Å². The van der Waals surface area contributed by atoms with E-state index >= 15 is 0 Å². The highest BCUT2D eigenvalue weighted by molar-refractivity contribution is 7.80. The number of nitrogens with one attached hydrogen (secondary N) is 1. The van der Waals surface area contributed by atoms with Gasteiger partial charge in [0.1, 0.15) is 5.82 Å². The van der Waals surface area contributed by atoms with E-state index in [9.17, 15) is 9.18 Å². The number of thiol groups is 1. The lowest BCUT2D eigenvalue weighted by atomic mass is 10.2. The second kappa shape index (κ2) is 5.26. The fraction of sp³-hybridized carbons (Fsp3) is 0. The van der Waals surface area contributed by atoms with Gasteiger partial charge in [-0.1, -0.05) is 0 Å². The Bertz CT molecular complexity index is 797. The number of hydrogen-bond donors (Lipinski definition) is 2. The SMILES string of the molecule is O=C(Nc1ccc2sccc2c1)c1cc(S)ccc1F. The summed E-state index contributed by atoms with van der Waals surface area (Å²) in [7, 11) is 0. The molecule has 0 saturated carbocycles. The molecule has 0 saturated heterocycles. The molecule has 0 fully saturated rings. The van der Waals surface area contributed by atoms with Crippen LogP contribution in [0, 0.1) is 5.82 Å². The van der Waals surface area contributed by atoms with Crippen LogP contribution < -0.4 is 5.32 Å². The van der Waals surface area contributed by atoms with Crippen molar-refractivity contribution in [1.82, 2.24) is 0 Å². The van der Waals surface area contributed by atoms with Crippen LogP contribution in [-0.4, -0.2) is 5.91 Å². The number of fused-ring (bicyclic) bond motifs is 1. The maximum absolute atomic E-state index is 13.6. The molecule has 0 aliphatic rings. The van der Waals surface area contributed by atoms with Crippen LogP contribution in [0.4, 0.5) is 10.1 Å². The zero-order valence-corrected chi connectivity index (χ0v) is 12.0. The lowest BCUT2D eigenvalue weighted by molar-refractivity contribution is 0.102. The summed E-state index contributed by atoms with van der Waals surface area (Å²) in [4.78, 5) is 12.6. The minimum absolute atomic E-state index is 0.0112. The zero-order valence-electron chi connectivity index (χ0n) is 10.3. The van der Waals surface area contributed by atoms with Crippen molar-refractivity contribution in [2.24, 2.45) is 0 Å². The predicted octanol–water partition coefficient (Wildman–Crippen LogP) is 4.58. The predicted molar refractivity (Wildman–Crippen MR) is 83.4 cm³/mol. The molecule has 20 heavy (non-hydrogen) atoms. The van der Waals surface area contributed by atoms with Gasteiger partial charge in [0, 0.05) is 15.3 Å². The van der Waals surface area contributed by atoms with Crippen molar-refractivity contribution < 1.29 is 9.18 Å². The molecular formula is C15H10FNOS2. The van der Waals surface area contributed by atoms with E-state index in [-0.39, 0.29) is 5.56 Å². The average Bonchev–Trinajstić information content (AvgIpc) is 2.89. The van der Waals surface area contributed by atoms with E-state index in [0.29, 0.717) is 10.6 Å². The largest absolute Gasteiger partial charge is 0.322 e. The van der Waals surface area contributed by atoms with Gasteiger partial charge in [-0.25, -0.2) is 4.39 Å². The first-order valence-electron chi connectivity index (χ1n) is 5.90. The summed E-state index contributed by atoms with van der Waals surface area (Å²) in [6.07, 6.45) is 0. The molecule has 5 heteroatoms. The maximum Gasteiger partial charge on any atom is 0.258 e. The van der Waals surface area contributed by atoms with Gasteiger partial charge in [0.15, 0.2) is 0 Å². The summed E-state index contributed by atoms with van der Waals surface area (Å²) in [5.41, 5.74) is 0.632. The molecule has 2 nitrogen and oxygen atoms in total. The molecule has 1 aromatic heterocycles. The third-order valence-electron chi connectivity index (χ3n) is 2.90. The fourth-order valence-electron chi connectivity index (χ4n) is 1.93. The van der Waals surface area contributed by atoms with E-state index < -0.39 is 11.7 Å². The Kier molecular flexibility index (Phi) is 3.46. The first-order valence-corrected chi connectivity index (χ1v) is 7.23. The first-order chi connectivity index (χ1) is 9.63. The lowest BCUT2D eigenvalue weighted by Crippen LogP contribution is -2.13. The van der Waals surface area contributed by atoms with Crippen LogP contribution in [0.2, 0.25) is 0 Å². The van der Waals surface area contributed by atoms with Gasteiger partial charge in [0.2, 0.25) is 0 Å². The summed E-state index contributed by atoms with van der Waals surface area (Å²) in [6, 6.07) is 11.7. The van der Waals surface area contributed by atoms with Gasteiger partial charge in [-0.15, -0.1) is 24.0 Å². The first kappa shape index (κ1) is 13.1. The molecule has 0 unspecified atom stereocenters. The summed E-state index contributed by atoms with van der Waals surface area (Å²) in [6.45, 7) is 0. The van der Waals surface area contributed by atoms with Crippen molar-refractivity contribution >= 4 is 45.6 Å². The quantitative estimate of drug-likeness (QED) is 0.667. The molecule has 1 heterocycles. The van der Waals surface area contributed by atoms with Crippen molar-refractivity contribution in [3.8, 4) is 0 Å². The molecule has 100 valence electrons. The van der Waals surface area contributed by atoms with Crippen molar-refractivity contribution in [2.75, 3.05) is 5.32 Å². The molecule has 2 aromatic carbocycles. The standard InChI is InChI=1S/C15H10FNOS2/c16-13-3-2-11(19)8-12(13)15(18)17-10-1-4-14-9(7-10)5-6-20-14/h1-8,19H,(H,17,18). The number of benzene rings is 2. The van der Waals surface area contributed by atoms with Crippen molar-refractivity contribution in [2.45, 2.75) is 4.90 Å². The van der Waals surface area contributed by atoms with E-state index in [0.717, 1.165) is 10.1 Å². The van der Waals surface area contributed by atoms with Gasteiger partial charge in [-0.05, 0) is 53.2 Å². The summed E-state index contributed by atoms with van der Waals surface area (Å²) < 4.78 is 14.8. The molecule has 0 aliphatic carbocycles. The third-order valence-corrected chi connectivity index (χ3v) is 4.08. The molecule has 3 aromatic rings. The number of halogens is 1. The highest BCUT2D eigenvalue weighted by Crippen LogP contribution is 2.24. The normalized spacial score (nSPS) is 10.7. The van der Waals surface area contributed by atoms with Crippen molar-refractivity contribution in [3.63, 3.8) is 0 Å². The highest BCUT2D eigenvalue weighted by atomic mass is 32.1. The summed E-state index contributed by atoms with van der Waals surface area (Å²) in [5, 5.41) is 5.74. The van der Waals surface area contributed by atoms with Gasteiger partial charge in [-0.3, -0.25) is 4.79 Å². The molecule has 1 amide bonds. The number of hydrogen-bond acceptors (Lipinski definition) is 3. The van der Waals surface area contributed by atoms with Crippen LogP contribution >= 0.6 is 24.0 Å². The Morgan fingerprint density at radius 1 is 1.15 bits per heavy atom. The van der Waals surface area contributed by atoms with Gasteiger partial charge in [0.05, 0.1) is 5.56 Å². The number of amides is 1. The summed E-state index contributed by atoms with van der Waals surface area (Å²) in [5.74, 6) is -1.04. The Balaban J connectivity index is 1.89. The zero-order chi connectivity index (χ0) is 14.1. The second-order valence-corrected chi connectivity index (χ2v) is 5.76. The Hall–Kier alpha value is -1.85. The fourth-order valence-corrected chi connectivity index (χ4v) is 2.90. The van der Waals surface area contributed by atoms with Gasteiger partial charge < -0.3 is 5.32 Å². The average molecular weight is 303 g/mol.